The molecule has 0 bridgehead atoms. The standard InChI is InChI=1S/C10H14N2O3/c1-4-7-6(2)9(10(13)14)12-8(11-7)5-15-3/h4-5H2,1-3H3,(H,13,14). The highest BCUT2D eigenvalue weighted by Gasteiger charge is 2.14. The third-order valence-electron chi connectivity index (χ3n) is 2.10. The lowest BCUT2D eigenvalue weighted by molar-refractivity contribution is 0.0688. The van der Waals surface area contributed by atoms with Gasteiger partial charge in [0, 0.05) is 18.4 Å². The Balaban J connectivity index is 3.25. The molecule has 1 aromatic rings. The van der Waals surface area contributed by atoms with Gasteiger partial charge < -0.3 is 9.84 Å². The van der Waals surface area contributed by atoms with Gasteiger partial charge in [0.15, 0.2) is 11.5 Å². The van der Waals surface area contributed by atoms with Crippen molar-refractivity contribution in [2.75, 3.05) is 7.11 Å². The van der Waals surface area contributed by atoms with Gasteiger partial charge in [0.1, 0.15) is 6.61 Å². The fourth-order valence-corrected chi connectivity index (χ4v) is 1.36. The van der Waals surface area contributed by atoms with E-state index in [0.717, 1.165) is 5.69 Å². The van der Waals surface area contributed by atoms with Crippen LogP contribution in [-0.4, -0.2) is 28.2 Å². The fraction of sp³-hybridized carbons (Fsp3) is 0.500. The van der Waals surface area contributed by atoms with Gasteiger partial charge in [-0.1, -0.05) is 6.92 Å². The van der Waals surface area contributed by atoms with Crippen LogP contribution in [0.4, 0.5) is 0 Å². The number of hydrogen-bond donors (Lipinski definition) is 1. The second-order valence-electron chi connectivity index (χ2n) is 3.15. The summed E-state index contributed by atoms with van der Waals surface area (Å²) in [7, 11) is 1.52. The number of hydrogen-bond acceptors (Lipinski definition) is 4. The van der Waals surface area contributed by atoms with Crippen LogP contribution in [0.3, 0.4) is 0 Å². The Morgan fingerprint density at radius 1 is 1.47 bits per heavy atom. The zero-order valence-corrected chi connectivity index (χ0v) is 9.07. The molecule has 0 fully saturated rings. The maximum absolute atomic E-state index is 10.9. The summed E-state index contributed by atoms with van der Waals surface area (Å²) >= 11 is 0. The van der Waals surface area contributed by atoms with Crippen molar-refractivity contribution in [1.82, 2.24) is 9.97 Å². The van der Waals surface area contributed by atoms with Gasteiger partial charge in [0.2, 0.25) is 0 Å². The molecule has 82 valence electrons. The van der Waals surface area contributed by atoms with Crippen molar-refractivity contribution in [2.45, 2.75) is 26.9 Å². The summed E-state index contributed by atoms with van der Waals surface area (Å²) in [5, 5.41) is 8.95. The van der Waals surface area contributed by atoms with E-state index in [4.69, 9.17) is 9.84 Å². The molecule has 0 saturated carbocycles. The summed E-state index contributed by atoms with van der Waals surface area (Å²) < 4.78 is 4.88. The van der Waals surface area contributed by atoms with Crippen molar-refractivity contribution in [2.24, 2.45) is 0 Å². The Morgan fingerprint density at radius 2 is 2.13 bits per heavy atom. The molecule has 0 amide bonds. The van der Waals surface area contributed by atoms with E-state index >= 15 is 0 Å². The van der Waals surface area contributed by atoms with E-state index < -0.39 is 5.97 Å². The largest absolute Gasteiger partial charge is 0.477 e. The maximum atomic E-state index is 10.9. The lowest BCUT2D eigenvalue weighted by atomic mass is 10.1. The molecule has 1 rings (SSSR count). The van der Waals surface area contributed by atoms with Crippen LogP contribution in [0.25, 0.3) is 0 Å². The van der Waals surface area contributed by atoms with Crippen LogP contribution in [0, 0.1) is 6.92 Å². The van der Waals surface area contributed by atoms with Crippen molar-refractivity contribution in [3.05, 3.63) is 22.8 Å². The van der Waals surface area contributed by atoms with Crippen molar-refractivity contribution in [3.8, 4) is 0 Å². The first-order valence-electron chi connectivity index (χ1n) is 4.68. The molecule has 0 saturated heterocycles. The van der Waals surface area contributed by atoms with Crippen LogP contribution in [-0.2, 0) is 17.8 Å². The van der Waals surface area contributed by atoms with Crippen LogP contribution in [0.15, 0.2) is 0 Å². The molecule has 0 unspecified atom stereocenters. The molecule has 0 aliphatic rings. The minimum Gasteiger partial charge on any atom is -0.477 e. The van der Waals surface area contributed by atoms with Crippen LogP contribution < -0.4 is 0 Å². The van der Waals surface area contributed by atoms with Gasteiger partial charge in [-0.2, -0.15) is 0 Å². The Morgan fingerprint density at radius 3 is 2.60 bits per heavy atom. The van der Waals surface area contributed by atoms with Crippen LogP contribution in [0.5, 0.6) is 0 Å². The minimum atomic E-state index is -1.03. The topological polar surface area (TPSA) is 72.3 Å². The summed E-state index contributed by atoms with van der Waals surface area (Å²) in [5.74, 6) is -0.612. The van der Waals surface area contributed by atoms with E-state index in [1.54, 1.807) is 6.92 Å². The quantitative estimate of drug-likeness (QED) is 0.808. The van der Waals surface area contributed by atoms with Crippen molar-refractivity contribution in [1.29, 1.82) is 0 Å². The average Bonchev–Trinajstić information content (AvgIpc) is 2.20. The predicted octanol–water partition coefficient (Wildman–Crippen LogP) is 1.19. The number of carboxylic acid groups (broad SMARTS) is 1. The molecule has 5 nitrogen and oxygen atoms in total. The van der Waals surface area contributed by atoms with Crippen molar-refractivity contribution >= 4 is 5.97 Å². The van der Waals surface area contributed by atoms with E-state index in [9.17, 15) is 4.79 Å². The fourth-order valence-electron chi connectivity index (χ4n) is 1.36. The zero-order chi connectivity index (χ0) is 11.4. The Hall–Kier alpha value is -1.49. The highest BCUT2D eigenvalue weighted by Crippen LogP contribution is 2.11. The number of aryl methyl sites for hydroxylation is 1. The smallest absolute Gasteiger partial charge is 0.354 e. The predicted molar refractivity (Wildman–Crippen MR) is 53.8 cm³/mol. The first-order valence-corrected chi connectivity index (χ1v) is 4.68. The summed E-state index contributed by atoms with van der Waals surface area (Å²) in [4.78, 5) is 19.1. The number of carbonyl (C=O) groups is 1. The second kappa shape index (κ2) is 4.84. The number of carboxylic acids is 1. The molecule has 5 heteroatoms. The monoisotopic (exact) mass is 210 g/mol. The summed E-state index contributed by atoms with van der Waals surface area (Å²) in [5.41, 5.74) is 1.45. The maximum Gasteiger partial charge on any atom is 0.354 e. The van der Waals surface area contributed by atoms with Crippen LogP contribution in [0.1, 0.15) is 34.5 Å². The number of nitrogens with zero attached hydrogens (tertiary/aromatic N) is 2. The van der Waals surface area contributed by atoms with Gasteiger partial charge in [-0.3, -0.25) is 0 Å². The van der Waals surface area contributed by atoms with Gasteiger partial charge in [0.25, 0.3) is 0 Å². The van der Waals surface area contributed by atoms with Crippen molar-refractivity contribution < 1.29 is 14.6 Å². The molecule has 0 aliphatic carbocycles. The summed E-state index contributed by atoms with van der Waals surface area (Å²) in [6, 6.07) is 0. The van der Waals surface area contributed by atoms with E-state index in [-0.39, 0.29) is 12.3 Å². The van der Waals surface area contributed by atoms with Crippen molar-refractivity contribution in [3.63, 3.8) is 0 Å². The first-order chi connectivity index (χ1) is 7.10. The highest BCUT2D eigenvalue weighted by molar-refractivity contribution is 5.87. The Bertz CT molecular complexity index is 377. The molecule has 1 N–H and O–H groups in total. The zero-order valence-electron chi connectivity index (χ0n) is 9.07. The highest BCUT2D eigenvalue weighted by atomic mass is 16.5. The Labute approximate surface area is 88.1 Å². The summed E-state index contributed by atoms with van der Waals surface area (Å²) in [6.45, 7) is 3.88. The van der Waals surface area contributed by atoms with Gasteiger partial charge in [-0.05, 0) is 13.3 Å². The average molecular weight is 210 g/mol. The molecule has 15 heavy (non-hydrogen) atoms. The van der Waals surface area contributed by atoms with Gasteiger partial charge in [-0.15, -0.1) is 0 Å². The molecule has 0 aliphatic heterocycles. The number of aromatic carboxylic acids is 1. The summed E-state index contributed by atoms with van der Waals surface area (Å²) in [6.07, 6.45) is 0.686. The molecule has 0 atom stereocenters. The lowest BCUT2D eigenvalue weighted by Crippen LogP contribution is -2.12. The number of ether oxygens (including phenoxy) is 1. The van der Waals surface area contributed by atoms with Crippen LogP contribution in [0.2, 0.25) is 0 Å². The third-order valence-corrected chi connectivity index (χ3v) is 2.10. The second-order valence-corrected chi connectivity index (χ2v) is 3.15. The minimum absolute atomic E-state index is 0.0638. The normalized spacial score (nSPS) is 10.3. The van der Waals surface area contributed by atoms with Gasteiger partial charge in [0.05, 0.1) is 0 Å². The number of methoxy groups -OCH3 is 1. The van der Waals surface area contributed by atoms with E-state index in [1.165, 1.54) is 7.11 Å². The molecular formula is C10H14N2O3. The lowest BCUT2D eigenvalue weighted by Gasteiger charge is -2.08. The van der Waals surface area contributed by atoms with E-state index in [2.05, 4.69) is 9.97 Å². The SMILES string of the molecule is CCc1nc(COC)nc(C(=O)O)c1C. The molecule has 0 aromatic carbocycles. The molecule has 1 heterocycles. The first kappa shape index (κ1) is 11.6. The molecule has 1 aromatic heterocycles. The molecular weight excluding hydrogens is 196 g/mol. The third kappa shape index (κ3) is 2.50. The van der Waals surface area contributed by atoms with Gasteiger partial charge >= 0.3 is 5.97 Å². The van der Waals surface area contributed by atoms with E-state index in [0.29, 0.717) is 17.8 Å². The number of aromatic nitrogens is 2. The molecule has 0 spiro atoms. The van der Waals surface area contributed by atoms with Gasteiger partial charge in [-0.25, -0.2) is 14.8 Å². The Kier molecular flexibility index (Phi) is 3.74. The molecule has 0 radical (unpaired) electrons. The number of rotatable bonds is 4. The van der Waals surface area contributed by atoms with E-state index in [1.807, 2.05) is 6.92 Å². The van der Waals surface area contributed by atoms with Crippen LogP contribution >= 0.6 is 0 Å².